The molecule has 0 radical (unpaired) electrons. The third-order valence-electron chi connectivity index (χ3n) is 3.63. The first-order chi connectivity index (χ1) is 12.7. The normalized spacial score (nSPS) is 11.2. The minimum Gasteiger partial charge on any atom is -0.497 e. The molecule has 8 nitrogen and oxygen atoms in total. The van der Waals surface area contributed by atoms with E-state index in [1.165, 1.54) is 4.80 Å². The van der Waals surface area contributed by atoms with Gasteiger partial charge < -0.3 is 4.74 Å². The molecule has 132 valence electrons. The molecule has 2 aromatic carbocycles. The quantitative estimate of drug-likeness (QED) is 0.541. The summed E-state index contributed by atoms with van der Waals surface area (Å²) in [6, 6.07) is 16.8. The van der Waals surface area contributed by atoms with Crippen LogP contribution in [0.2, 0.25) is 0 Å². The molecule has 0 aliphatic carbocycles. The van der Waals surface area contributed by atoms with E-state index in [9.17, 15) is 4.79 Å². The standard InChI is InChI=1S/C18H18N6O2/c1-13(14-8-10-16(26-2)11-9-14)19-20-17(25)12-24-22-18(21-23-24)15-6-4-3-5-7-15/h3-11H,12H2,1-2H3,(H,20,25). The van der Waals surface area contributed by atoms with E-state index in [1.807, 2.05) is 61.5 Å². The monoisotopic (exact) mass is 350 g/mol. The van der Waals surface area contributed by atoms with E-state index in [0.29, 0.717) is 11.5 Å². The maximum atomic E-state index is 12.0. The van der Waals surface area contributed by atoms with Gasteiger partial charge in [-0.3, -0.25) is 4.79 Å². The second-order valence-corrected chi connectivity index (χ2v) is 5.47. The van der Waals surface area contributed by atoms with Gasteiger partial charge in [0.1, 0.15) is 12.3 Å². The van der Waals surface area contributed by atoms with Crippen molar-refractivity contribution in [3.05, 3.63) is 60.2 Å². The van der Waals surface area contributed by atoms with Gasteiger partial charge in [-0.05, 0) is 42.0 Å². The van der Waals surface area contributed by atoms with Crippen LogP contribution in [0, 0.1) is 0 Å². The zero-order valence-electron chi connectivity index (χ0n) is 14.5. The Kier molecular flexibility index (Phi) is 5.33. The van der Waals surface area contributed by atoms with E-state index in [4.69, 9.17) is 4.74 Å². The van der Waals surface area contributed by atoms with Crippen molar-refractivity contribution in [1.29, 1.82) is 0 Å². The van der Waals surface area contributed by atoms with Gasteiger partial charge in [0.05, 0.1) is 12.8 Å². The van der Waals surface area contributed by atoms with Crippen LogP contribution >= 0.6 is 0 Å². The SMILES string of the molecule is COc1ccc(C(C)=NNC(=O)Cn2nnc(-c3ccccc3)n2)cc1. The first kappa shape index (κ1) is 17.3. The smallest absolute Gasteiger partial charge is 0.263 e. The number of amides is 1. The number of ether oxygens (including phenoxy) is 1. The molecule has 1 aromatic heterocycles. The summed E-state index contributed by atoms with van der Waals surface area (Å²) >= 11 is 0. The summed E-state index contributed by atoms with van der Waals surface area (Å²) in [5.74, 6) is 0.892. The minimum absolute atomic E-state index is 0.0702. The molecule has 0 unspecified atom stereocenters. The van der Waals surface area contributed by atoms with Crippen molar-refractivity contribution < 1.29 is 9.53 Å². The van der Waals surface area contributed by atoms with E-state index in [0.717, 1.165) is 16.9 Å². The lowest BCUT2D eigenvalue weighted by atomic mass is 10.1. The molecule has 0 saturated carbocycles. The molecule has 0 aliphatic rings. The number of methoxy groups -OCH3 is 1. The Labute approximate surface area is 150 Å². The predicted molar refractivity (Wildman–Crippen MR) is 96.6 cm³/mol. The van der Waals surface area contributed by atoms with E-state index in [-0.39, 0.29) is 12.5 Å². The Morgan fingerprint density at radius 3 is 2.58 bits per heavy atom. The highest BCUT2D eigenvalue weighted by atomic mass is 16.5. The number of nitrogens with one attached hydrogen (secondary N) is 1. The van der Waals surface area contributed by atoms with Crippen LogP contribution in [-0.4, -0.2) is 38.9 Å². The van der Waals surface area contributed by atoms with Crippen LogP contribution in [0.5, 0.6) is 5.75 Å². The first-order valence-corrected chi connectivity index (χ1v) is 7.96. The lowest BCUT2D eigenvalue weighted by Crippen LogP contribution is -2.25. The average molecular weight is 350 g/mol. The maximum Gasteiger partial charge on any atom is 0.263 e. The molecule has 0 spiro atoms. The van der Waals surface area contributed by atoms with Gasteiger partial charge in [-0.1, -0.05) is 30.3 Å². The highest BCUT2D eigenvalue weighted by Crippen LogP contribution is 2.12. The highest BCUT2D eigenvalue weighted by Gasteiger charge is 2.09. The van der Waals surface area contributed by atoms with Crippen molar-refractivity contribution in [2.75, 3.05) is 7.11 Å². The van der Waals surface area contributed by atoms with Crippen LogP contribution < -0.4 is 10.2 Å². The molecule has 1 amide bonds. The van der Waals surface area contributed by atoms with Gasteiger partial charge >= 0.3 is 0 Å². The second kappa shape index (κ2) is 8.02. The van der Waals surface area contributed by atoms with Crippen LogP contribution in [0.1, 0.15) is 12.5 Å². The molecule has 1 N–H and O–H groups in total. The predicted octanol–water partition coefficient (Wildman–Crippen LogP) is 1.89. The fourth-order valence-electron chi connectivity index (χ4n) is 2.22. The minimum atomic E-state index is -0.338. The zero-order valence-corrected chi connectivity index (χ0v) is 14.5. The summed E-state index contributed by atoms with van der Waals surface area (Å²) in [5.41, 5.74) is 4.90. The molecule has 3 rings (SSSR count). The number of hydrogen-bond donors (Lipinski definition) is 1. The largest absolute Gasteiger partial charge is 0.497 e. The third kappa shape index (κ3) is 4.29. The first-order valence-electron chi connectivity index (χ1n) is 7.96. The van der Waals surface area contributed by atoms with Crippen molar-refractivity contribution in [1.82, 2.24) is 25.6 Å². The molecule has 0 bridgehead atoms. The van der Waals surface area contributed by atoms with E-state index < -0.39 is 0 Å². The summed E-state index contributed by atoms with van der Waals surface area (Å²) in [4.78, 5) is 13.3. The van der Waals surface area contributed by atoms with Gasteiger partial charge in [0.15, 0.2) is 0 Å². The molecular formula is C18H18N6O2. The van der Waals surface area contributed by atoms with Gasteiger partial charge in [-0.2, -0.15) is 9.90 Å². The second-order valence-electron chi connectivity index (χ2n) is 5.47. The van der Waals surface area contributed by atoms with Gasteiger partial charge in [0, 0.05) is 5.56 Å². The van der Waals surface area contributed by atoms with Crippen LogP contribution in [0.25, 0.3) is 11.4 Å². The van der Waals surface area contributed by atoms with Crippen molar-refractivity contribution in [2.45, 2.75) is 13.5 Å². The van der Waals surface area contributed by atoms with E-state index >= 15 is 0 Å². The van der Waals surface area contributed by atoms with Crippen LogP contribution in [0.4, 0.5) is 0 Å². The molecule has 26 heavy (non-hydrogen) atoms. The van der Waals surface area contributed by atoms with Crippen molar-refractivity contribution in [3.63, 3.8) is 0 Å². The van der Waals surface area contributed by atoms with Crippen molar-refractivity contribution in [2.24, 2.45) is 5.10 Å². The third-order valence-corrected chi connectivity index (χ3v) is 3.63. The Bertz CT molecular complexity index is 903. The van der Waals surface area contributed by atoms with Crippen LogP contribution in [-0.2, 0) is 11.3 Å². The Morgan fingerprint density at radius 2 is 1.88 bits per heavy atom. The number of benzene rings is 2. The van der Waals surface area contributed by atoms with E-state index in [2.05, 4.69) is 25.9 Å². The molecule has 8 heteroatoms. The number of carbonyl (C=O) groups is 1. The lowest BCUT2D eigenvalue weighted by Gasteiger charge is -2.04. The van der Waals surface area contributed by atoms with Crippen molar-refractivity contribution in [3.8, 4) is 17.1 Å². The number of nitrogens with zero attached hydrogens (tertiary/aromatic N) is 5. The fraction of sp³-hybridized carbons (Fsp3) is 0.167. The molecule has 1 heterocycles. The highest BCUT2D eigenvalue weighted by molar-refractivity contribution is 5.99. The summed E-state index contributed by atoms with van der Waals surface area (Å²) in [6.45, 7) is 1.74. The summed E-state index contributed by atoms with van der Waals surface area (Å²) < 4.78 is 5.12. The molecular weight excluding hydrogens is 332 g/mol. The van der Waals surface area contributed by atoms with Gasteiger partial charge in [0.2, 0.25) is 5.82 Å². The average Bonchev–Trinajstić information content (AvgIpc) is 3.15. The van der Waals surface area contributed by atoms with E-state index in [1.54, 1.807) is 7.11 Å². The number of hydrazone groups is 1. The summed E-state index contributed by atoms with van der Waals surface area (Å²) in [7, 11) is 1.61. The number of tetrazole rings is 1. The van der Waals surface area contributed by atoms with Gasteiger partial charge in [0.25, 0.3) is 5.91 Å². The number of rotatable bonds is 6. The Balaban J connectivity index is 1.59. The summed E-state index contributed by atoms with van der Waals surface area (Å²) in [5, 5.41) is 16.1. The van der Waals surface area contributed by atoms with Gasteiger partial charge in [-0.15, -0.1) is 10.2 Å². The van der Waals surface area contributed by atoms with Crippen molar-refractivity contribution >= 4 is 11.6 Å². The number of aromatic nitrogens is 4. The Hall–Kier alpha value is -3.55. The lowest BCUT2D eigenvalue weighted by molar-refractivity contribution is -0.122. The molecule has 0 atom stereocenters. The van der Waals surface area contributed by atoms with Gasteiger partial charge in [-0.25, -0.2) is 5.43 Å². The zero-order chi connectivity index (χ0) is 18.4. The summed E-state index contributed by atoms with van der Waals surface area (Å²) in [6.07, 6.45) is 0. The maximum absolute atomic E-state index is 12.0. The Morgan fingerprint density at radius 1 is 1.15 bits per heavy atom. The topological polar surface area (TPSA) is 94.3 Å². The molecule has 0 fully saturated rings. The fourth-order valence-corrected chi connectivity index (χ4v) is 2.22. The number of carbonyl (C=O) groups excluding carboxylic acids is 1. The van der Waals surface area contributed by atoms with Crippen LogP contribution in [0.3, 0.4) is 0 Å². The van der Waals surface area contributed by atoms with Crippen LogP contribution in [0.15, 0.2) is 59.7 Å². The molecule has 3 aromatic rings. The number of hydrogen-bond acceptors (Lipinski definition) is 6. The molecule has 0 aliphatic heterocycles. The molecule has 0 saturated heterocycles.